The van der Waals surface area contributed by atoms with Crippen molar-refractivity contribution in [1.29, 1.82) is 0 Å². The second-order valence-corrected chi connectivity index (χ2v) is 7.78. The maximum atomic E-state index is 13.1. The highest BCUT2D eigenvalue weighted by molar-refractivity contribution is 5.99. The largest absolute Gasteiger partial charge is 0.351 e. The Morgan fingerprint density at radius 1 is 1.07 bits per heavy atom. The molecule has 0 atom stereocenters. The molecule has 1 saturated heterocycles. The molecule has 0 radical (unpaired) electrons. The highest BCUT2D eigenvalue weighted by Crippen LogP contribution is 2.28. The minimum atomic E-state index is -0.0687. The number of benzene rings is 2. The van der Waals surface area contributed by atoms with Crippen molar-refractivity contribution in [3.63, 3.8) is 0 Å². The van der Waals surface area contributed by atoms with Gasteiger partial charge in [0.2, 0.25) is 0 Å². The molecule has 0 spiro atoms. The Balaban J connectivity index is 1.63. The first-order valence-corrected chi connectivity index (χ1v) is 9.84. The minimum Gasteiger partial charge on any atom is -0.351 e. The molecule has 1 fully saturated rings. The van der Waals surface area contributed by atoms with Crippen molar-refractivity contribution in [2.75, 3.05) is 19.6 Å². The molecule has 1 aliphatic rings. The van der Waals surface area contributed by atoms with E-state index < -0.39 is 0 Å². The second kappa shape index (κ2) is 7.98. The van der Waals surface area contributed by atoms with Gasteiger partial charge in [-0.05, 0) is 43.5 Å². The fourth-order valence-corrected chi connectivity index (χ4v) is 3.66. The van der Waals surface area contributed by atoms with E-state index in [2.05, 4.69) is 17.6 Å². The van der Waals surface area contributed by atoms with Crippen molar-refractivity contribution in [3.05, 3.63) is 72.4 Å². The van der Waals surface area contributed by atoms with Crippen molar-refractivity contribution < 1.29 is 4.79 Å². The van der Waals surface area contributed by atoms with E-state index in [0.717, 1.165) is 37.2 Å². The minimum absolute atomic E-state index is 0.0687. The summed E-state index contributed by atoms with van der Waals surface area (Å²) < 4.78 is 1.78. The monoisotopic (exact) mass is 374 g/mol. The number of amides is 1. The number of hydrogen-bond acceptors (Lipinski definition) is 3. The van der Waals surface area contributed by atoms with Crippen LogP contribution in [0.3, 0.4) is 0 Å². The molecule has 1 aromatic heterocycles. The van der Waals surface area contributed by atoms with Gasteiger partial charge in [0.15, 0.2) is 0 Å². The Morgan fingerprint density at radius 2 is 1.71 bits per heavy atom. The van der Waals surface area contributed by atoms with Crippen LogP contribution >= 0.6 is 0 Å². The fourth-order valence-electron chi connectivity index (χ4n) is 3.66. The van der Waals surface area contributed by atoms with Crippen molar-refractivity contribution in [1.82, 2.24) is 20.4 Å². The van der Waals surface area contributed by atoms with Gasteiger partial charge in [-0.15, -0.1) is 0 Å². The van der Waals surface area contributed by atoms with E-state index in [-0.39, 0.29) is 11.3 Å². The Hall–Kier alpha value is -2.92. The Bertz CT molecular complexity index is 928. The van der Waals surface area contributed by atoms with Gasteiger partial charge in [-0.3, -0.25) is 4.79 Å². The number of nitrogens with one attached hydrogen (secondary N) is 2. The van der Waals surface area contributed by atoms with Crippen molar-refractivity contribution in [3.8, 4) is 16.9 Å². The van der Waals surface area contributed by atoms with E-state index >= 15 is 0 Å². The molecule has 1 aliphatic heterocycles. The molecule has 2 aromatic carbocycles. The molecular formula is C23H26N4O. The van der Waals surface area contributed by atoms with Gasteiger partial charge in [0.05, 0.1) is 11.3 Å². The highest BCUT2D eigenvalue weighted by atomic mass is 16.1. The quantitative estimate of drug-likeness (QED) is 0.717. The van der Waals surface area contributed by atoms with Gasteiger partial charge in [-0.2, -0.15) is 5.10 Å². The normalized spacial score (nSPS) is 15.9. The third-order valence-electron chi connectivity index (χ3n) is 5.51. The zero-order valence-corrected chi connectivity index (χ0v) is 16.2. The molecular weight excluding hydrogens is 348 g/mol. The summed E-state index contributed by atoms with van der Waals surface area (Å²) in [6.45, 7) is 4.94. The lowest BCUT2D eigenvalue weighted by molar-refractivity contribution is 0.0923. The number of rotatable bonds is 5. The summed E-state index contributed by atoms with van der Waals surface area (Å²) in [5.41, 5.74) is 3.33. The third kappa shape index (κ3) is 3.99. The summed E-state index contributed by atoms with van der Waals surface area (Å²) in [4.78, 5) is 13.1. The molecule has 3 aromatic rings. The Labute approximate surface area is 165 Å². The third-order valence-corrected chi connectivity index (χ3v) is 5.51. The molecule has 0 bridgehead atoms. The molecule has 1 amide bonds. The van der Waals surface area contributed by atoms with Gasteiger partial charge < -0.3 is 10.6 Å². The average Bonchev–Trinajstić information content (AvgIpc) is 3.20. The van der Waals surface area contributed by atoms with Gasteiger partial charge in [-0.25, -0.2) is 4.68 Å². The zero-order chi connectivity index (χ0) is 19.4. The van der Waals surface area contributed by atoms with Gasteiger partial charge in [0, 0.05) is 18.3 Å². The highest BCUT2D eigenvalue weighted by Gasteiger charge is 2.28. The van der Waals surface area contributed by atoms with Crippen LogP contribution in [0.4, 0.5) is 0 Å². The summed E-state index contributed by atoms with van der Waals surface area (Å²) in [6.07, 6.45) is 3.97. The molecule has 2 heterocycles. The summed E-state index contributed by atoms with van der Waals surface area (Å²) in [5.74, 6) is -0.0687. The van der Waals surface area contributed by atoms with E-state index in [4.69, 9.17) is 5.10 Å². The predicted molar refractivity (Wildman–Crippen MR) is 112 cm³/mol. The topological polar surface area (TPSA) is 59.0 Å². The van der Waals surface area contributed by atoms with Crippen LogP contribution in [0.15, 0.2) is 66.9 Å². The van der Waals surface area contributed by atoms with Crippen LogP contribution in [0.5, 0.6) is 0 Å². The van der Waals surface area contributed by atoms with Gasteiger partial charge >= 0.3 is 0 Å². The molecule has 0 saturated carbocycles. The van der Waals surface area contributed by atoms with Gasteiger partial charge in [0.1, 0.15) is 5.69 Å². The van der Waals surface area contributed by atoms with Crippen LogP contribution in [0, 0.1) is 5.41 Å². The standard InChI is InChI=1S/C23H26N4O/c1-23(12-14-24-15-13-23)17-25-22(28)20-16-27(19-10-6-3-7-11-19)26-21(20)18-8-4-2-5-9-18/h2-11,16,24H,12-15,17H2,1H3,(H,25,28). The summed E-state index contributed by atoms with van der Waals surface area (Å²) in [5, 5.41) is 11.3. The first-order chi connectivity index (χ1) is 13.6. The number of hydrogen-bond donors (Lipinski definition) is 2. The summed E-state index contributed by atoms with van der Waals surface area (Å²) in [6, 6.07) is 19.8. The summed E-state index contributed by atoms with van der Waals surface area (Å²) >= 11 is 0. The Morgan fingerprint density at radius 3 is 2.39 bits per heavy atom. The van der Waals surface area contributed by atoms with Crippen LogP contribution in [0.1, 0.15) is 30.1 Å². The number of para-hydroxylation sites is 1. The van der Waals surface area contributed by atoms with Crippen molar-refractivity contribution in [2.45, 2.75) is 19.8 Å². The van der Waals surface area contributed by atoms with Crippen molar-refractivity contribution >= 4 is 5.91 Å². The van der Waals surface area contributed by atoms with Gasteiger partial charge in [0.25, 0.3) is 5.91 Å². The maximum Gasteiger partial charge on any atom is 0.255 e. The number of carbonyl (C=O) groups excluding carboxylic acids is 1. The van der Waals surface area contributed by atoms with E-state index in [9.17, 15) is 4.79 Å². The number of aromatic nitrogens is 2. The smallest absolute Gasteiger partial charge is 0.255 e. The molecule has 5 nitrogen and oxygen atoms in total. The zero-order valence-electron chi connectivity index (χ0n) is 16.2. The molecule has 28 heavy (non-hydrogen) atoms. The number of nitrogens with zero attached hydrogens (tertiary/aromatic N) is 2. The maximum absolute atomic E-state index is 13.1. The lowest BCUT2D eigenvalue weighted by Crippen LogP contribution is -2.42. The molecule has 0 aliphatic carbocycles. The van der Waals surface area contributed by atoms with E-state index in [0.29, 0.717) is 17.8 Å². The van der Waals surface area contributed by atoms with E-state index in [1.54, 1.807) is 4.68 Å². The lowest BCUT2D eigenvalue weighted by Gasteiger charge is -2.34. The Kier molecular flexibility index (Phi) is 5.26. The van der Waals surface area contributed by atoms with Crippen LogP contribution < -0.4 is 10.6 Å². The summed E-state index contributed by atoms with van der Waals surface area (Å²) in [7, 11) is 0. The van der Waals surface area contributed by atoms with Crippen molar-refractivity contribution in [2.24, 2.45) is 5.41 Å². The fraction of sp³-hybridized carbons (Fsp3) is 0.304. The van der Waals surface area contributed by atoms with Crippen LogP contribution in [0.25, 0.3) is 16.9 Å². The number of carbonyl (C=O) groups is 1. The molecule has 144 valence electrons. The first-order valence-electron chi connectivity index (χ1n) is 9.84. The van der Waals surface area contributed by atoms with E-state index in [1.807, 2.05) is 66.9 Å². The number of piperidine rings is 1. The predicted octanol–water partition coefficient (Wildman–Crippen LogP) is 3.66. The average molecular weight is 374 g/mol. The lowest BCUT2D eigenvalue weighted by atomic mass is 9.81. The van der Waals surface area contributed by atoms with Gasteiger partial charge in [-0.1, -0.05) is 55.5 Å². The molecule has 5 heteroatoms. The van der Waals surface area contributed by atoms with Crippen LogP contribution in [0.2, 0.25) is 0 Å². The molecule has 0 unspecified atom stereocenters. The van der Waals surface area contributed by atoms with Crippen LogP contribution in [-0.4, -0.2) is 35.3 Å². The first kappa shape index (κ1) is 18.4. The second-order valence-electron chi connectivity index (χ2n) is 7.78. The SMILES string of the molecule is CC1(CNC(=O)c2cn(-c3ccccc3)nc2-c2ccccc2)CCNCC1. The van der Waals surface area contributed by atoms with E-state index in [1.165, 1.54) is 0 Å². The molecule has 4 rings (SSSR count). The molecule has 2 N–H and O–H groups in total. The van der Waals surface area contributed by atoms with Crippen LogP contribution in [-0.2, 0) is 0 Å².